The number of nitrogens with zero attached hydrogens (tertiary/aromatic N) is 1. The maximum absolute atomic E-state index is 12.8. The zero-order chi connectivity index (χ0) is 20.0. The number of para-hydroxylation sites is 1. The maximum atomic E-state index is 12.8. The van der Waals surface area contributed by atoms with Crippen LogP contribution in [0.1, 0.15) is 12.5 Å². The molecule has 27 heavy (non-hydrogen) atoms. The molecule has 8 heteroatoms. The Labute approximate surface area is 173 Å². The molecule has 1 atom stereocenters. The van der Waals surface area contributed by atoms with Gasteiger partial charge in [-0.3, -0.25) is 9.59 Å². The molecule has 144 valence electrons. The molecule has 0 bridgehead atoms. The van der Waals surface area contributed by atoms with E-state index in [0.717, 1.165) is 0 Å². The van der Waals surface area contributed by atoms with Gasteiger partial charge in [0, 0.05) is 23.6 Å². The third kappa shape index (κ3) is 5.76. The summed E-state index contributed by atoms with van der Waals surface area (Å²) in [5, 5.41) is 3.85. The molecule has 0 aromatic heterocycles. The Bertz CT molecular complexity index is 830. The SMILES string of the molecule is CNC(=O)[C@H](C)N(Cc1ccc(Cl)cc1Cl)C(=O)COc1ccccc1Cl. The van der Waals surface area contributed by atoms with Crippen LogP contribution in [0.5, 0.6) is 5.75 Å². The number of hydrogen-bond acceptors (Lipinski definition) is 3. The second-order valence-corrected chi connectivity index (χ2v) is 7.02. The number of likely N-dealkylation sites (N-methyl/N-ethyl adjacent to an activating group) is 1. The van der Waals surface area contributed by atoms with Gasteiger partial charge in [-0.2, -0.15) is 0 Å². The highest BCUT2D eigenvalue weighted by Gasteiger charge is 2.26. The van der Waals surface area contributed by atoms with Crippen molar-refractivity contribution in [3.8, 4) is 5.75 Å². The number of carbonyl (C=O) groups is 2. The number of rotatable bonds is 7. The summed E-state index contributed by atoms with van der Waals surface area (Å²) in [6, 6.07) is 11.1. The van der Waals surface area contributed by atoms with Crippen LogP contribution in [-0.2, 0) is 16.1 Å². The third-order valence-electron chi connectivity index (χ3n) is 3.96. The van der Waals surface area contributed by atoms with E-state index in [9.17, 15) is 9.59 Å². The molecule has 0 unspecified atom stereocenters. The summed E-state index contributed by atoms with van der Waals surface area (Å²) in [7, 11) is 1.51. The number of carbonyl (C=O) groups excluding carboxylic acids is 2. The summed E-state index contributed by atoms with van der Waals surface area (Å²) in [6.07, 6.45) is 0. The Balaban J connectivity index is 2.19. The van der Waals surface area contributed by atoms with Crippen molar-refractivity contribution in [2.75, 3.05) is 13.7 Å². The van der Waals surface area contributed by atoms with Crippen molar-refractivity contribution in [2.24, 2.45) is 0 Å². The maximum Gasteiger partial charge on any atom is 0.261 e. The predicted molar refractivity (Wildman–Crippen MR) is 107 cm³/mol. The average Bonchev–Trinajstić information content (AvgIpc) is 2.65. The summed E-state index contributed by atoms with van der Waals surface area (Å²) >= 11 is 18.2. The first-order valence-corrected chi connectivity index (χ1v) is 9.29. The highest BCUT2D eigenvalue weighted by atomic mass is 35.5. The first-order valence-electron chi connectivity index (χ1n) is 8.15. The molecule has 0 saturated heterocycles. The minimum atomic E-state index is -0.718. The van der Waals surface area contributed by atoms with Gasteiger partial charge < -0.3 is 15.0 Å². The Morgan fingerprint density at radius 1 is 1.11 bits per heavy atom. The van der Waals surface area contributed by atoms with E-state index in [1.807, 2.05) is 0 Å². The highest BCUT2D eigenvalue weighted by Crippen LogP contribution is 2.25. The van der Waals surface area contributed by atoms with Crippen LogP contribution >= 0.6 is 34.8 Å². The van der Waals surface area contributed by atoms with Gasteiger partial charge >= 0.3 is 0 Å². The number of nitrogens with one attached hydrogen (secondary N) is 1. The average molecular weight is 430 g/mol. The molecule has 0 spiro atoms. The number of halogens is 3. The van der Waals surface area contributed by atoms with Gasteiger partial charge in [0.25, 0.3) is 5.91 Å². The van der Waals surface area contributed by atoms with E-state index < -0.39 is 6.04 Å². The van der Waals surface area contributed by atoms with Crippen LogP contribution in [0, 0.1) is 0 Å². The van der Waals surface area contributed by atoms with Gasteiger partial charge in [0.15, 0.2) is 6.61 Å². The molecule has 0 heterocycles. The normalized spacial score (nSPS) is 11.6. The molecule has 2 aromatic rings. The van der Waals surface area contributed by atoms with Gasteiger partial charge in [-0.15, -0.1) is 0 Å². The highest BCUT2D eigenvalue weighted by molar-refractivity contribution is 6.35. The van der Waals surface area contributed by atoms with Crippen molar-refractivity contribution >= 4 is 46.6 Å². The molecule has 5 nitrogen and oxygen atoms in total. The molecule has 2 amide bonds. The quantitative estimate of drug-likeness (QED) is 0.718. The molecule has 0 aliphatic rings. The second kappa shape index (κ2) is 9.83. The summed E-state index contributed by atoms with van der Waals surface area (Å²) in [5.74, 6) is -0.284. The van der Waals surface area contributed by atoms with E-state index in [0.29, 0.717) is 26.4 Å². The fourth-order valence-corrected chi connectivity index (χ4v) is 3.07. The van der Waals surface area contributed by atoms with Crippen molar-refractivity contribution in [1.82, 2.24) is 10.2 Å². The number of ether oxygens (including phenoxy) is 1. The van der Waals surface area contributed by atoms with Gasteiger partial charge in [0.2, 0.25) is 5.91 Å². The monoisotopic (exact) mass is 428 g/mol. The van der Waals surface area contributed by atoms with Gasteiger partial charge in [-0.25, -0.2) is 0 Å². The molecule has 2 rings (SSSR count). The third-order valence-corrected chi connectivity index (χ3v) is 4.86. The van der Waals surface area contributed by atoms with E-state index >= 15 is 0 Å². The van der Waals surface area contributed by atoms with E-state index in [4.69, 9.17) is 39.5 Å². The van der Waals surface area contributed by atoms with Gasteiger partial charge in [0.05, 0.1) is 5.02 Å². The number of amides is 2. The van der Waals surface area contributed by atoms with Gasteiger partial charge in [-0.1, -0.05) is 53.0 Å². The largest absolute Gasteiger partial charge is 0.482 e. The Morgan fingerprint density at radius 2 is 1.81 bits per heavy atom. The minimum absolute atomic E-state index is 0.134. The van der Waals surface area contributed by atoms with Crippen LogP contribution < -0.4 is 10.1 Å². The standard InChI is InChI=1S/C19H19Cl3N2O3/c1-12(19(26)23-2)24(10-13-7-8-14(20)9-16(13)22)18(25)11-27-17-6-4-3-5-15(17)21/h3-9,12H,10-11H2,1-2H3,(H,23,26)/t12-/m0/s1. The molecule has 0 radical (unpaired) electrons. The lowest BCUT2D eigenvalue weighted by molar-refractivity contribution is -0.142. The van der Waals surface area contributed by atoms with Gasteiger partial charge in [0.1, 0.15) is 11.8 Å². The summed E-state index contributed by atoms with van der Waals surface area (Å²) in [5.41, 5.74) is 0.669. The molecule has 2 aromatic carbocycles. The van der Waals surface area contributed by atoms with Crippen molar-refractivity contribution in [1.29, 1.82) is 0 Å². The molecule has 0 aliphatic carbocycles. The lowest BCUT2D eigenvalue weighted by atomic mass is 10.1. The Morgan fingerprint density at radius 3 is 2.44 bits per heavy atom. The van der Waals surface area contributed by atoms with Gasteiger partial charge in [-0.05, 0) is 36.8 Å². The number of benzene rings is 2. The smallest absolute Gasteiger partial charge is 0.261 e. The Kier molecular flexibility index (Phi) is 7.78. The Hall–Kier alpha value is -1.95. The fourth-order valence-electron chi connectivity index (χ4n) is 2.41. The van der Waals surface area contributed by atoms with Crippen molar-refractivity contribution in [3.05, 3.63) is 63.1 Å². The van der Waals surface area contributed by atoms with Crippen molar-refractivity contribution in [3.63, 3.8) is 0 Å². The molecule has 0 aliphatic heterocycles. The predicted octanol–water partition coefficient (Wildman–Crippen LogP) is 4.19. The van der Waals surface area contributed by atoms with Crippen LogP contribution in [0.2, 0.25) is 15.1 Å². The molecule has 0 fully saturated rings. The van der Waals surface area contributed by atoms with Crippen LogP contribution in [0.15, 0.2) is 42.5 Å². The van der Waals surface area contributed by atoms with E-state index in [2.05, 4.69) is 5.32 Å². The van der Waals surface area contributed by atoms with E-state index in [1.54, 1.807) is 49.4 Å². The van der Waals surface area contributed by atoms with Crippen LogP contribution in [0.3, 0.4) is 0 Å². The molecule has 0 saturated carbocycles. The topological polar surface area (TPSA) is 58.6 Å². The van der Waals surface area contributed by atoms with Crippen molar-refractivity contribution < 1.29 is 14.3 Å². The zero-order valence-corrected chi connectivity index (χ0v) is 17.1. The van der Waals surface area contributed by atoms with E-state index in [-0.39, 0.29) is 25.0 Å². The lowest BCUT2D eigenvalue weighted by Crippen LogP contribution is -2.48. The zero-order valence-electron chi connectivity index (χ0n) is 14.8. The van der Waals surface area contributed by atoms with Crippen molar-refractivity contribution in [2.45, 2.75) is 19.5 Å². The first kappa shape index (κ1) is 21.4. The number of hydrogen-bond donors (Lipinski definition) is 1. The molecule has 1 N–H and O–H groups in total. The minimum Gasteiger partial charge on any atom is -0.482 e. The summed E-state index contributed by atoms with van der Waals surface area (Å²) in [4.78, 5) is 26.3. The first-order chi connectivity index (χ1) is 12.8. The molecular formula is C19H19Cl3N2O3. The second-order valence-electron chi connectivity index (χ2n) is 5.77. The summed E-state index contributed by atoms with van der Waals surface area (Å²) < 4.78 is 5.52. The lowest BCUT2D eigenvalue weighted by Gasteiger charge is -2.28. The summed E-state index contributed by atoms with van der Waals surface area (Å²) in [6.45, 7) is 1.50. The van der Waals surface area contributed by atoms with E-state index in [1.165, 1.54) is 11.9 Å². The van der Waals surface area contributed by atoms with Crippen LogP contribution in [0.25, 0.3) is 0 Å². The molecular weight excluding hydrogens is 411 g/mol. The van der Waals surface area contributed by atoms with Crippen LogP contribution in [-0.4, -0.2) is 36.4 Å². The van der Waals surface area contributed by atoms with Crippen LogP contribution in [0.4, 0.5) is 0 Å². The fraction of sp³-hybridized carbons (Fsp3) is 0.263.